The molecule has 1 atom stereocenters. The number of nitriles is 1. The summed E-state index contributed by atoms with van der Waals surface area (Å²) in [5, 5.41) is 9.46. The van der Waals surface area contributed by atoms with Gasteiger partial charge in [0.2, 0.25) is 5.88 Å². The molecule has 1 fully saturated rings. The van der Waals surface area contributed by atoms with Crippen LogP contribution in [-0.4, -0.2) is 19.0 Å². The maximum Gasteiger partial charge on any atom is 0.205 e. The van der Waals surface area contributed by atoms with E-state index >= 15 is 0 Å². The Kier molecular flexibility index (Phi) is 3.06. The SMILES string of the molecule is CC1CC(=O)C2=C(C1)OC(N)=C(C#N)C21CCOCC1. The molecule has 0 aromatic rings. The van der Waals surface area contributed by atoms with Crippen LogP contribution in [0.2, 0.25) is 0 Å². The van der Waals surface area contributed by atoms with Crippen LogP contribution in [0.15, 0.2) is 22.8 Å². The fraction of sp³-hybridized carbons (Fsp3) is 0.600. The van der Waals surface area contributed by atoms with Crippen molar-refractivity contribution >= 4 is 5.78 Å². The predicted molar refractivity (Wildman–Crippen MR) is 70.8 cm³/mol. The summed E-state index contributed by atoms with van der Waals surface area (Å²) in [5.41, 5.74) is 6.45. The molecule has 5 heteroatoms. The minimum absolute atomic E-state index is 0.0981. The highest BCUT2D eigenvalue weighted by Crippen LogP contribution is 2.52. The third kappa shape index (κ3) is 1.75. The van der Waals surface area contributed by atoms with E-state index in [0.717, 1.165) is 0 Å². The maximum absolute atomic E-state index is 12.5. The normalized spacial score (nSPS) is 29.0. The summed E-state index contributed by atoms with van der Waals surface area (Å²) in [6.07, 6.45) is 2.48. The van der Waals surface area contributed by atoms with Gasteiger partial charge in [0.15, 0.2) is 5.78 Å². The second-order valence-corrected chi connectivity index (χ2v) is 5.88. The molecule has 5 nitrogen and oxygen atoms in total. The van der Waals surface area contributed by atoms with Crippen LogP contribution in [0.4, 0.5) is 0 Å². The number of nitrogens with zero attached hydrogens (tertiary/aromatic N) is 1. The third-order valence-corrected chi connectivity index (χ3v) is 4.52. The molecule has 106 valence electrons. The van der Waals surface area contributed by atoms with Crippen molar-refractivity contribution in [3.8, 4) is 6.07 Å². The first-order valence-corrected chi connectivity index (χ1v) is 7.01. The second-order valence-electron chi connectivity index (χ2n) is 5.88. The van der Waals surface area contributed by atoms with Crippen LogP contribution in [0.5, 0.6) is 0 Å². The van der Waals surface area contributed by atoms with Gasteiger partial charge in [-0.3, -0.25) is 4.79 Å². The summed E-state index contributed by atoms with van der Waals surface area (Å²) in [4.78, 5) is 12.5. The highest BCUT2D eigenvalue weighted by Gasteiger charge is 2.50. The zero-order chi connectivity index (χ0) is 14.3. The Morgan fingerprint density at radius 1 is 1.35 bits per heavy atom. The van der Waals surface area contributed by atoms with Gasteiger partial charge < -0.3 is 15.2 Å². The van der Waals surface area contributed by atoms with E-state index in [0.29, 0.717) is 55.8 Å². The maximum atomic E-state index is 12.5. The topological polar surface area (TPSA) is 85.3 Å². The van der Waals surface area contributed by atoms with Gasteiger partial charge in [-0.2, -0.15) is 5.26 Å². The average molecular weight is 274 g/mol. The van der Waals surface area contributed by atoms with E-state index in [1.165, 1.54) is 0 Å². The van der Waals surface area contributed by atoms with Crippen molar-refractivity contribution < 1.29 is 14.3 Å². The lowest BCUT2D eigenvalue weighted by Crippen LogP contribution is -2.42. The van der Waals surface area contributed by atoms with Gasteiger partial charge in [-0.15, -0.1) is 0 Å². The number of nitrogens with two attached hydrogens (primary N) is 1. The molecule has 2 N–H and O–H groups in total. The van der Waals surface area contributed by atoms with Gasteiger partial charge >= 0.3 is 0 Å². The Bertz CT molecular complexity index is 562. The Labute approximate surface area is 118 Å². The molecule has 2 heterocycles. The number of hydrogen-bond acceptors (Lipinski definition) is 5. The number of Topliss-reactive ketones (excluding diaryl/α,β-unsaturated/α-hetero) is 1. The van der Waals surface area contributed by atoms with Crippen LogP contribution in [0.1, 0.15) is 32.6 Å². The molecular weight excluding hydrogens is 256 g/mol. The molecule has 0 aromatic heterocycles. The number of carbonyl (C=O) groups excluding carboxylic acids is 1. The lowest BCUT2D eigenvalue weighted by molar-refractivity contribution is -0.119. The number of allylic oxidation sites excluding steroid dienone is 3. The first-order chi connectivity index (χ1) is 9.58. The fourth-order valence-electron chi connectivity index (χ4n) is 3.62. The highest BCUT2D eigenvalue weighted by atomic mass is 16.5. The molecule has 0 aromatic carbocycles. The molecule has 2 aliphatic heterocycles. The average Bonchev–Trinajstić information content (AvgIpc) is 2.38. The molecule has 20 heavy (non-hydrogen) atoms. The Balaban J connectivity index is 2.16. The minimum atomic E-state index is -0.581. The van der Waals surface area contributed by atoms with Gasteiger partial charge in [-0.25, -0.2) is 0 Å². The first kappa shape index (κ1) is 13.2. The third-order valence-electron chi connectivity index (χ3n) is 4.52. The Morgan fingerprint density at radius 3 is 2.70 bits per heavy atom. The quantitative estimate of drug-likeness (QED) is 0.727. The molecule has 1 unspecified atom stereocenters. The molecule has 0 radical (unpaired) electrons. The summed E-state index contributed by atoms with van der Waals surface area (Å²) in [5.74, 6) is 1.19. The number of rotatable bonds is 0. The summed E-state index contributed by atoms with van der Waals surface area (Å²) in [6, 6.07) is 2.17. The minimum Gasteiger partial charge on any atom is -0.444 e. The number of fused-ring (bicyclic) bond motifs is 1. The summed E-state index contributed by atoms with van der Waals surface area (Å²) in [6.45, 7) is 3.11. The van der Waals surface area contributed by atoms with Crippen molar-refractivity contribution in [3.63, 3.8) is 0 Å². The van der Waals surface area contributed by atoms with E-state index in [1.54, 1.807) is 0 Å². The molecule has 1 spiro atoms. The van der Waals surface area contributed by atoms with Crippen LogP contribution in [0.25, 0.3) is 0 Å². The van der Waals surface area contributed by atoms with Crippen molar-refractivity contribution in [3.05, 3.63) is 22.8 Å². The van der Waals surface area contributed by atoms with E-state index in [1.807, 2.05) is 6.92 Å². The molecule has 1 saturated heterocycles. The highest BCUT2D eigenvalue weighted by molar-refractivity contribution is 5.99. The van der Waals surface area contributed by atoms with E-state index in [4.69, 9.17) is 15.2 Å². The van der Waals surface area contributed by atoms with Crippen molar-refractivity contribution in [1.82, 2.24) is 0 Å². The van der Waals surface area contributed by atoms with Crippen LogP contribution in [-0.2, 0) is 14.3 Å². The van der Waals surface area contributed by atoms with Crippen molar-refractivity contribution in [2.24, 2.45) is 17.1 Å². The van der Waals surface area contributed by atoms with Crippen molar-refractivity contribution in [2.45, 2.75) is 32.6 Å². The molecule has 0 bridgehead atoms. The lowest BCUT2D eigenvalue weighted by Gasteiger charge is -2.43. The van der Waals surface area contributed by atoms with Gasteiger partial charge in [0.05, 0.1) is 0 Å². The van der Waals surface area contributed by atoms with Crippen LogP contribution < -0.4 is 5.73 Å². The second kappa shape index (κ2) is 4.64. The molecule has 0 saturated carbocycles. The summed E-state index contributed by atoms with van der Waals surface area (Å²) < 4.78 is 11.0. The number of ketones is 1. The van der Waals surface area contributed by atoms with Crippen molar-refractivity contribution in [2.75, 3.05) is 13.2 Å². The van der Waals surface area contributed by atoms with Crippen LogP contribution >= 0.6 is 0 Å². The molecular formula is C15H18N2O3. The first-order valence-electron chi connectivity index (χ1n) is 7.01. The Hall–Kier alpha value is -1.80. The standard InChI is InChI=1S/C15H18N2O3/c1-9-6-11(18)13-12(7-9)20-14(17)10(8-16)15(13)2-4-19-5-3-15/h9H,2-7,17H2,1H3. The number of carbonyl (C=O) groups is 1. The zero-order valence-electron chi connectivity index (χ0n) is 11.6. The predicted octanol–water partition coefficient (Wildman–Crippen LogP) is 1.76. The fourth-order valence-corrected chi connectivity index (χ4v) is 3.62. The van der Waals surface area contributed by atoms with E-state index in [-0.39, 0.29) is 17.6 Å². The van der Waals surface area contributed by atoms with Gasteiger partial charge in [0, 0.05) is 37.0 Å². The zero-order valence-corrected chi connectivity index (χ0v) is 11.6. The number of hydrogen-bond donors (Lipinski definition) is 1. The van der Waals surface area contributed by atoms with Gasteiger partial charge in [0.1, 0.15) is 17.4 Å². The monoisotopic (exact) mass is 274 g/mol. The molecule has 3 rings (SSSR count). The van der Waals surface area contributed by atoms with Gasteiger partial charge in [0.25, 0.3) is 0 Å². The van der Waals surface area contributed by atoms with E-state index in [9.17, 15) is 10.1 Å². The van der Waals surface area contributed by atoms with Gasteiger partial charge in [-0.05, 0) is 18.8 Å². The molecule has 1 aliphatic carbocycles. The van der Waals surface area contributed by atoms with Crippen molar-refractivity contribution in [1.29, 1.82) is 5.26 Å². The smallest absolute Gasteiger partial charge is 0.205 e. The largest absolute Gasteiger partial charge is 0.444 e. The van der Waals surface area contributed by atoms with Crippen LogP contribution in [0.3, 0.4) is 0 Å². The molecule has 3 aliphatic rings. The Morgan fingerprint density at radius 2 is 2.05 bits per heavy atom. The van der Waals surface area contributed by atoms with E-state index < -0.39 is 5.41 Å². The van der Waals surface area contributed by atoms with E-state index in [2.05, 4.69) is 6.07 Å². The summed E-state index contributed by atoms with van der Waals surface area (Å²) in [7, 11) is 0. The molecule has 0 amide bonds. The lowest BCUT2D eigenvalue weighted by atomic mass is 9.63. The van der Waals surface area contributed by atoms with Crippen LogP contribution in [0, 0.1) is 22.7 Å². The van der Waals surface area contributed by atoms with Gasteiger partial charge in [-0.1, -0.05) is 6.92 Å². The summed E-state index contributed by atoms with van der Waals surface area (Å²) >= 11 is 0. The number of ether oxygens (including phenoxy) is 2.